The zero-order chi connectivity index (χ0) is 15.7. The fourth-order valence-electron chi connectivity index (χ4n) is 1.87. The van der Waals surface area contributed by atoms with Crippen molar-refractivity contribution >= 4 is 29.9 Å². The molecule has 0 saturated heterocycles. The molecule has 0 amide bonds. The lowest BCUT2D eigenvalue weighted by Crippen LogP contribution is -2.36. The van der Waals surface area contributed by atoms with Crippen molar-refractivity contribution in [2.24, 2.45) is 4.99 Å². The summed E-state index contributed by atoms with van der Waals surface area (Å²) >= 11 is 0. The molecule has 0 aliphatic heterocycles. The van der Waals surface area contributed by atoms with Gasteiger partial charge in [-0.1, -0.05) is 6.08 Å². The van der Waals surface area contributed by atoms with Crippen molar-refractivity contribution in [3.05, 3.63) is 30.4 Å². The van der Waals surface area contributed by atoms with E-state index in [4.69, 9.17) is 14.2 Å². The fourth-order valence-corrected chi connectivity index (χ4v) is 1.87. The van der Waals surface area contributed by atoms with E-state index in [1.54, 1.807) is 34.5 Å². The van der Waals surface area contributed by atoms with Gasteiger partial charge in [-0.2, -0.15) is 0 Å². The minimum atomic E-state index is 0. The van der Waals surface area contributed by atoms with E-state index in [2.05, 4.69) is 22.2 Å². The van der Waals surface area contributed by atoms with E-state index < -0.39 is 0 Å². The molecule has 0 spiro atoms. The average Bonchev–Trinajstić information content (AvgIpc) is 2.53. The van der Waals surface area contributed by atoms with E-state index in [0.717, 1.165) is 5.56 Å². The minimum Gasteiger partial charge on any atom is -0.493 e. The lowest BCUT2D eigenvalue weighted by Gasteiger charge is -2.17. The number of nitrogens with zero attached hydrogens (tertiary/aromatic N) is 1. The maximum absolute atomic E-state index is 5.44. The first-order valence-electron chi connectivity index (χ1n) is 6.55. The maximum atomic E-state index is 5.44. The lowest BCUT2D eigenvalue weighted by atomic mass is 10.1. The highest BCUT2D eigenvalue weighted by atomic mass is 127. The zero-order valence-electron chi connectivity index (χ0n) is 13.4. The SMILES string of the molecule is C=CCNC(=NC)NCc1ccc(OC)c(OC)c1OC.I. The van der Waals surface area contributed by atoms with Gasteiger partial charge in [-0.15, -0.1) is 30.6 Å². The summed E-state index contributed by atoms with van der Waals surface area (Å²) in [5, 5.41) is 6.30. The van der Waals surface area contributed by atoms with Crippen LogP contribution in [0.4, 0.5) is 0 Å². The van der Waals surface area contributed by atoms with Gasteiger partial charge in [-0.05, 0) is 12.1 Å². The first kappa shape index (κ1) is 20.4. The molecule has 0 heterocycles. The molecular formula is C15H24IN3O3. The highest BCUT2D eigenvalue weighted by molar-refractivity contribution is 14.0. The fraction of sp³-hybridized carbons (Fsp3) is 0.400. The van der Waals surface area contributed by atoms with Crippen LogP contribution in [0, 0.1) is 0 Å². The first-order chi connectivity index (χ1) is 10.2. The summed E-state index contributed by atoms with van der Waals surface area (Å²) in [7, 11) is 6.49. The van der Waals surface area contributed by atoms with E-state index in [0.29, 0.717) is 36.3 Å². The molecule has 0 fully saturated rings. The second-order valence-corrected chi connectivity index (χ2v) is 4.09. The van der Waals surface area contributed by atoms with Crippen LogP contribution in [-0.4, -0.2) is 40.9 Å². The van der Waals surface area contributed by atoms with Crippen molar-refractivity contribution < 1.29 is 14.2 Å². The quantitative estimate of drug-likeness (QED) is 0.306. The van der Waals surface area contributed by atoms with Gasteiger partial charge in [0.05, 0.1) is 21.3 Å². The Kier molecular flexibility index (Phi) is 10.2. The van der Waals surface area contributed by atoms with E-state index in [-0.39, 0.29) is 24.0 Å². The number of nitrogens with one attached hydrogen (secondary N) is 2. The number of hydrogen-bond donors (Lipinski definition) is 2. The number of rotatable bonds is 7. The Balaban J connectivity index is 0.00000441. The normalized spacial score (nSPS) is 10.3. The van der Waals surface area contributed by atoms with Gasteiger partial charge < -0.3 is 24.8 Å². The number of ether oxygens (including phenoxy) is 3. The van der Waals surface area contributed by atoms with Crippen molar-refractivity contribution in [2.45, 2.75) is 6.54 Å². The molecule has 6 nitrogen and oxygen atoms in total. The number of hydrogen-bond acceptors (Lipinski definition) is 4. The predicted octanol–water partition coefficient (Wildman–Crippen LogP) is 2.18. The molecule has 0 aromatic heterocycles. The van der Waals surface area contributed by atoms with Gasteiger partial charge in [0.2, 0.25) is 5.75 Å². The van der Waals surface area contributed by atoms with Crippen molar-refractivity contribution in [3.63, 3.8) is 0 Å². The Hall–Kier alpha value is -1.64. The molecule has 0 bridgehead atoms. The molecule has 0 saturated carbocycles. The molecule has 1 aromatic carbocycles. The third kappa shape index (κ3) is 5.28. The Morgan fingerprint density at radius 2 is 1.82 bits per heavy atom. The second-order valence-electron chi connectivity index (χ2n) is 4.09. The molecular weight excluding hydrogens is 397 g/mol. The predicted molar refractivity (Wildman–Crippen MR) is 99.9 cm³/mol. The average molecular weight is 421 g/mol. The number of guanidine groups is 1. The molecule has 7 heteroatoms. The highest BCUT2D eigenvalue weighted by Crippen LogP contribution is 2.39. The molecule has 1 rings (SSSR count). The molecule has 22 heavy (non-hydrogen) atoms. The van der Waals surface area contributed by atoms with E-state index >= 15 is 0 Å². The summed E-state index contributed by atoms with van der Waals surface area (Å²) < 4.78 is 16.1. The van der Waals surface area contributed by atoms with Crippen LogP contribution >= 0.6 is 24.0 Å². The van der Waals surface area contributed by atoms with Gasteiger partial charge in [-0.3, -0.25) is 4.99 Å². The van der Waals surface area contributed by atoms with Gasteiger partial charge in [0, 0.05) is 25.7 Å². The van der Waals surface area contributed by atoms with Gasteiger partial charge in [-0.25, -0.2) is 0 Å². The van der Waals surface area contributed by atoms with Crippen molar-refractivity contribution in [3.8, 4) is 17.2 Å². The summed E-state index contributed by atoms with van der Waals surface area (Å²) in [5.74, 6) is 2.54. The summed E-state index contributed by atoms with van der Waals surface area (Å²) in [6.07, 6.45) is 1.77. The molecule has 0 atom stereocenters. The monoisotopic (exact) mass is 421 g/mol. The topological polar surface area (TPSA) is 64.1 Å². The molecule has 2 N–H and O–H groups in total. The largest absolute Gasteiger partial charge is 0.493 e. The number of methoxy groups -OCH3 is 3. The van der Waals surface area contributed by atoms with Crippen LogP contribution in [0.25, 0.3) is 0 Å². The molecule has 0 aliphatic carbocycles. The van der Waals surface area contributed by atoms with Crippen LogP contribution in [0.1, 0.15) is 5.56 Å². The smallest absolute Gasteiger partial charge is 0.203 e. The van der Waals surface area contributed by atoms with Crippen LogP contribution in [0.5, 0.6) is 17.2 Å². The first-order valence-corrected chi connectivity index (χ1v) is 6.55. The lowest BCUT2D eigenvalue weighted by molar-refractivity contribution is 0.322. The van der Waals surface area contributed by atoms with E-state index in [1.165, 1.54) is 0 Å². The summed E-state index contributed by atoms with van der Waals surface area (Å²) in [6.45, 7) is 4.84. The van der Waals surface area contributed by atoms with Crippen LogP contribution in [0.2, 0.25) is 0 Å². The van der Waals surface area contributed by atoms with Crippen molar-refractivity contribution in [1.82, 2.24) is 10.6 Å². The third-order valence-electron chi connectivity index (χ3n) is 2.87. The second kappa shape index (κ2) is 11.0. The standard InChI is InChI=1S/C15H23N3O3.HI/c1-6-9-17-15(16-2)18-10-11-7-8-12(19-3)14(21-5)13(11)20-4;/h6-8H,1,9-10H2,2-5H3,(H2,16,17,18);1H. The summed E-state index contributed by atoms with van der Waals surface area (Å²) in [5.41, 5.74) is 0.941. The minimum absolute atomic E-state index is 0. The number of aliphatic imine (C=N–C) groups is 1. The van der Waals surface area contributed by atoms with E-state index in [9.17, 15) is 0 Å². The Bertz CT molecular complexity index is 507. The van der Waals surface area contributed by atoms with Crippen LogP contribution in [0.3, 0.4) is 0 Å². The highest BCUT2D eigenvalue weighted by Gasteiger charge is 2.15. The van der Waals surface area contributed by atoms with Gasteiger partial charge in [0.25, 0.3) is 0 Å². The van der Waals surface area contributed by atoms with Gasteiger partial charge in [0.15, 0.2) is 17.5 Å². The number of benzene rings is 1. The molecule has 0 radical (unpaired) electrons. The Labute approximate surface area is 149 Å². The third-order valence-corrected chi connectivity index (χ3v) is 2.87. The van der Waals surface area contributed by atoms with Crippen LogP contribution in [-0.2, 0) is 6.54 Å². The van der Waals surface area contributed by atoms with Gasteiger partial charge in [0.1, 0.15) is 0 Å². The Morgan fingerprint density at radius 1 is 1.14 bits per heavy atom. The molecule has 0 aliphatic rings. The van der Waals surface area contributed by atoms with Crippen molar-refractivity contribution in [2.75, 3.05) is 34.9 Å². The van der Waals surface area contributed by atoms with Crippen LogP contribution < -0.4 is 24.8 Å². The maximum Gasteiger partial charge on any atom is 0.203 e. The zero-order valence-corrected chi connectivity index (χ0v) is 15.8. The van der Waals surface area contributed by atoms with E-state index in [1.807, 2.05) is 12.1 Å². The molecule has 0 unspecified atom stereocenters. The Morgan fingerprint density at radius 3 is 2.32 bits per heavy atom. The summed E-state index contributed by atoms with van der Waals surface area (Å²) in [4.78, 5) is 4.12. The van der Waals surface area contributed by atoms with Gasteiger partial charge >= 0.3 is 0 Å². The van der Waals surface area contributed by atoms with Crippen molar-refractivity contribution in [1.29, 1.82) is 0 Å². The number of halogens is 1. The molecule has 124 valence electrons. The summed E-state index contributed by atoms with van der Waals surface area (Å²) in [6, 6.07) is 3.77. The molecule has 1 aromatic rings. The van der Waals surface area contributed by atoms with Crippen LogP contribution in [0.15, 0.2) is 29.8 Å².